The predicted molar refractivity (Wildman–Crippen MR) is 259 cm³/mol. The van der Waals surface area contributed by atoms with Crippen molar-refractivity contribution in [1.82, 2.24) is 25.1 Å². The van der Waals surface area contributed by atoms with Crippen molar-refractivity contribution >= 4 is 29.2 Å². The highest BCUT2D eigenvalue weighted by Crippen LogP contribution is 2.39. The number of terminal acetylenes is 1. The molecule has 15 atom stereocenters. The number of esters is 1. The number of amides is 1. The minimum Gasteiger partial charge on any atom is -0.460 e. The lowest BCUT2D eigenvalue weighted by atomic mass is 9.77. The van der Waals surface area contributed by atoms with Gasteiger partial charge in [-0.05, 0) is 111 Å². The maximum absolute atomic E-state index is 14.5. The zero-order valence-electron chi connectivity index (χ0n) is 42.6. The molecule has 0 aromatic carbocycles. The van der Waals surface area contributed by atoms with Crippen molar-refractivity contribution in [3.8, 4) is 12.3 Å². The summed E-state index contributed by atoms with van der Waals surface area (Å²) in [4.78, 5) is 72.4. The Morgan fingerprint density at radius 3 is 2.36 bits per heavy atom. The quantitative estimate of drug-likeness (QED) is 0.146. The van der Waals surface area contributed by atoms with E-state index in [1.165, 1.54) is 12.0 Å². The van der Waals surface area contributed by atoms with Gasteiger partial charge < -0.3 is 38.8 Å². The number of methoxy groups -OCH3 is 3. The molecule has 2 bridgehead atoms. The average Bonchev–Trinajstić information content (AvgIpc) is 3.90. The number of allylic oxidation sites excluding steroid dienone is 6. The van der Waals surface area contributed by atoms with E-state index < -0.39 is 83.7 Å². The minimum absolute atomic E-state index is 0.0598. The van der Waals surface area contributed by atoms with Crippen molar-refractivity contribution in [1.29, 1.82) is 0 Å². The molecule has 2 N–H and O–H groups in total. The Balaban J connectivity index is 1.47. The summed E-state index contributed by atoms with van der Waals surface area (Å²) in [5, 5.41) is 35.2. The molecule has 17 heteroatoms. The van der Waals surface area contributed by atoms with Crippen LogP contribution in [-0.4, -0.2) is 141 Å². The summed E-state index contributed by atoms with van der Waals surface area (Å²) in [7, 11) is 4.56. The third kappa shape index (κ3) is 14.0. The molecule has 386 valence electrons. The van der Waals surface area contributed by atoms with E-state index in [0.717, 1.165) is 18.4 Å². The van der Waals surface area contributed by atoms with Crippen LogP contribution in [0.4, 0.5) is 0 Å². The fourth-order valence-corrected chi connectivity index (χ4v) is 10.6. The number of hydrogen-bond acceptors (Lipinski definition) is 15. The number of nitrogens with zero attached hydrogens (tertiary/aromatic N) is 5. The normalized spacial score (nSPS) is 38.2. The molecule has 17 nitrogen and oxygen atoms in total. The Kier molecular flexibility index (Phi) is 21.0. The second-order valence-electron chi connectivity index (χ2n) is 20.2. The highest BCUT2D eigenvalue weighted by atomic mass is 16.6. The van der Waals surface area contributed by atoms with Crippen molar-refractivity contribution in [3.63, 3.8) is 0 Å². The van der Waals surface area contributed by atoms with Crippen molar-refractivity contribution < 1.29 is 57.9 Å². The third-order valence-electron chi connectivity index (χ3n) is 15.2. The number of cyclic esters (lactones) is 1. The molecule has 5 unspecified atom stereocenters. The zero-order chi connectivity index (χ0) is 51.3. The van der Waals surface area contributed by atoms with Crippen LogP contribution in [0.15, 0.2) is 53.9 Å². The zero-order valence-corrected chi connectivity index (χ0v) is 42.6. The molecule has 1 aliphatic carbocycles. The Morgan fingerprint density at radius 1 is 0.929 bits per heavy atom. The lowest BCUT2D eigenvalue weighted by Gasteiger charge is -2.42. The van der Waals surface area contributed by atoms with Crippen LogP contribution in [0, 0.1) is 47.9 Å². The van der Waals surface area contributed by atoms with Gasteiger partial charge in [0.05, 0.1) is 24.4 Å². The van der Waals surface area contributed by atoms with Crippen molar-refractivity contribution in [2.75, 3.05) is 27.9 Å². The first-order chi connectivity index (χ1) is 33.4. The summed E-state index contributed by atoms with van der Waals surface area (Å²) >= 11 is 0. The first kappa shape index (κ1) is 56.2. The smallest absolute Gasteiger partial charge is 0.329 e. The molecule has 1 aromatic heterocycles. The number of ether oxygens (including phenoxy) is 5. The molecule has 1 aromatic rings. The van der Waals surface area contributed by atoms with Crippen LogP contribution in [-0.2, 0) is 47.7 Å². The molecule has 0 spiro atoms. The van der Waals surface area contributed by atoms with E-state index in [4.69, 9.17) is 30.1 Å². The Morgan fingerprint density at radius 2 is 1.69 bits per heavy atom. The highest BCUT2D eigenvalue weighted by Gasteiger charge is 2.53. The number of ketones is 3. The van der Waals surface area contributed by atoms with Gasteiger partial charge in [0.25, 0.3) is 11.7 Å². The first-order valence-electron chi connectivity index (χ1n) is 25.0. The second-order valence-corrected chi connectivity index (χ2v) is 20.2. The Hall–Kier alpha value is -4.70. The molecular weight excluding hydrogens is 899 g/mol. The molecule has 1 saturated carbocycles. The van der Waals surface area contributed by atoms with Gasteiger partial charge in [-0.3, -0.25) is 19.2 Å². The van der Waals surface area contributed by atoms with Crippen molar-refractivity contribution in [2.45, 2.75) is 173 Å². The molecule has 4 aliphatic rings. The van der Waals surface area contributed by atoms with Gasteiger partial charge in [0, 0.05) is 64.4 Å². The van der Waals surface area contributed by atoms with E-state index in [0.29, 0.717) is 56.9 Å². The van der Waals surface area contributed by atoms with Gasteiger partial charge in [-0.25, -0.2) is 9.48 Å². The molecule has 3 aliphatic heterocycles. The SMILES string of the molecule is C#C[C@@H]1/C=C/C=C/C=C(\C)[C@@H](OC)C[C@@H]2CCC(C)[C@](O)(O2)C(=O)C(=O)N2CCCCC2C(=O)O[C@H](C(C)C[C@@H]2CC[C@H](n3cnnn3)[C@H](OC)C2)CC(=O)[C@H](C)/C=C(\C)[C@@H](O)C(OC)C(=O)C(C)C1. The summed E-state index contributed by atoms with van der Waals surface area (Å²) < 4.78 is 31.5. The van der Waals surface area contributed by atoms with Crippen LogP contribution in [0.2, 0.25) is 0 Å². The molecule has 5 rings (SSSR count). The van der Waals surface area contributed by atoms with Gasteiger partial charge in [-0.2, -0.15) is 0 Å². The number of Topliss-reactive ketones (excluding diaryl/α,β-unsaturated/α-hetero) is 3. The third-order valence-corrected chi connectivity index (χ3v) is 15.2. The van der Waals surface area contributed by atoms with Crippen LogP contribution in [0.25, 0.3) is 0 Å². The van der Waals surface area contributed by atoms with Crippen LogP contribution in [0.5, 0.6) is 0 Å². The number of piperidine rings is 1. The monoisotopic (exact) mass is 976 g/mol. The number of aromatic nitrogens is 4. The Bertz CT molecular complexity index is 2110. The number of fused-ring (bicyclic) bond motifs is 3. The predicted octanol–water partition coefficient (Wildman–Crippen LogP) is 5.66. The number of aliphatic hydroxyl groups excluding tert-OH is 1. The topological polar surface area (TPSA) is 219 Å². The lowest BCUT2D eigenvalue weighted by Crippen LogP contribution is -2.61. The summed E-state index contributed by atoms with van der Waals surface area (Å²) in [6, 6.07) is -1.21. The molecule has 0 radical (unpaired) electrons. The molecule has 2 saturated heterocycles. The van der Waals surface area contributed by atoms with E-state index in [2.05, 4.69) is 21.4 Å². The number of aliphatic hydroxyl groups is 2. The second kappa shape index (κ2) is 26.1. The maximum Gasteiger partial charge on any atom is 0.329 e. The van der Waals surface area contributed by atoms with Crippen LogP contribution in [0.1, 0.15) is 125 Å². The highest BCUT2D eigenvalue weighted by molar-refractivity contribution is 6.39. The summed E-state index contributed by atoms with van der Waals surface area (Å²) in [6.07, 6.45) is 18.8. The molecule has 1 amide bonds. The molecular formula is C53H77N5O12. The summed E-state index contributed by atoms with van der Waals surface area (Å²) in [5.74, 6) is -5.97. The van der Waals surface area contributed by atoms with Gasteiger partial charge in [0.15, 0.2) is 5.78 Å². The maximum atomic E-state index is 14.5. The summed E-state index contributed by atoms with van der Waals surface area (Å²) in [6.45, 7) is 10.6. The van der Waals surface area contributed by atoms with Crippen molar-refractivity contribution in [3.05, 3.63) is 53.9 Å². The Labute approximate surface area is 413 Å². The van der Waals surface area contributed by atoms with Crippen LogP contribution >= 0.6 is 0 Å². The van der Waals surface area contributed by atoms with Gasteiger partial charge in [-0.1, -0.05) is 70.1 Å². The van der Waals surface area contributed by atoms with E-state index in [1.54, 1.807) is 71.2 Å². The van der Waals surface area contributed by atoms with Crippen molar-refractivity contribution in [2.24, 2.45) is 35.5 Å². The van der Waals surface area contributed by atoms with Gasteiger partial charge in [0.2, 0.25) is 5.79 Å². The molecule has 4 heterocycles. The number of carbonyl (C=O) groups excluding carboxylic acids is 5. The van der Waals surface area contributed by atoms with Crippen LogP contribution in [0.3, 0.4) is 0 Å². The van der Waals surface area contributed by atoms with E-state index in [-0.39, 0.29) is 54.9 Å². The van der Waals surface area contributed by atoms with E-state index in [9.17, 15) is 34.2 Å². The average molecular weight is 976 g/mol. The van der Waals surface area contributed by atoms with E-state index in [1.807, 2.05) is 32.1 Å². The summed E-state index contributed by atoms with van der Waals surface area (Å²) in [5.41, 5.74) is 1.20. The number of rotatable bonds is 7. The number of tetrazole rings is 1. The standard InChI is InChI=1S/C53H77N5O12/c1-11-38-18-14-12-13-17-32(2)44(66-8)29-40-22-20-37(7)53(65,70-40)50(62)51(63)57-24-16-15-19-42(57)52(64)69-45(34(4)26-39-21-23-41(46(28-39)67-9)58-31-54-55-56-58)30-43(59)33(3)25-35(5)47(60)49(68-10)48(61)36(6)27-38/h1,12-14,17-18,25,31,33-34,36-42,44-47,49,60,65H,15-16,19-24,26-30H2,2-10H3/b13-12+,18-14+,32-17+,35-25+/t33-,34?,36?,37?,38-,39+,40+,41+,42?,44+,45+,46-,47-,49?,53+/m1/s1. The fourth-order valence-electron chi connectivity index (χ4n) is 10.6. The van der Waals surface area contributed by atoms with Gasteiger partial charge in [0.1, 0.15) is 36.5 Å². The van der Waals surface area contributed by atoms with E-state index >= 15 is 0 Å². The van der Waals surface area contributed by atoms with Crippen LogP contribution < -0.4 is 0 Å². The lowest BCUT2D eigenvalue weighted by molar-refractivity contribution is -0.265. The minimum atomic E-state index is -2.45. The van der Waals surface area contributed by atoms with Gasteiger partial charge >= 0.3 is 5.97 Å². The number of hydrogen-bond donors (Lipinski definition) is 2. The largest absolute Gasteiger partial charge is 0.460 e. The number of carbonyl (C=O) groups is 5. The first-order valence-corrected chi connectivity index (χ1v) is 25.0. The fraction of sp³-hybridized carbons (Fsp3) is 0.698. The molecule has 3 fully saturated rings. The van der Waals surface area contributed by atoms with Gasteiger partial charge in [-0.15, -0.1) is 11.5 Å². The molecule has 70 heavy (non-hydrogen) atoms.